The summed E-state index contributed by atoms with van der Waals surface area (Å²) >= 11 is 0. The largest absolute Gasteiger partial charge is 0.494 e. The van der Waals surface area contributed by atoms with Crippen LogP contribution >= 0.6 is 0 Å². The van der Waals surface area contributed by atoms with Crippen molar-refractivity contribution in [1.82, 2.24) is 5.32 Å². The van der Waals surface area contributed by atoms with Crippen LogP contribution in [-0.4, -0.2) is 25.7 Å². The lowest BCUT2D eigenvalue weighted by Crippen LogP contribution is -2.26. The van der Waals surface area contributed by atoms with E-state index >= 15 is 0 Å². The molecule has 2 aromatic carbocycles. The van der Waals surface area contributed by atoms with Crippen LogP contribution in [0.3, 0.4) is 0 Å². The van der Waals surface area contributed by atoms with Gasteiger partial charge in [-0.05, 0) is 60.8 Å². The molecule has 6 heteroatoms. The summed E-state index contributed by atoms with van der Waals surface area (Å²) in [6.07, 6.45) is 1.56. The van der Waals surface area contributed by atoms with Gasteiger partial charge in [-0.2, -0.15) is 0 Å². The van der Waals surface area contributed by atoms with Crippen LogP contribution < -0.4 is 20.1 Å². The van der Waals surface area contributed by atoms with Gasteiger partial charge >= 0.3 is 0 Å². The summed E-state index contributed by atoms with van der Waals surface area (Å²) in [5.41, 5.74) is 1.81. The molecule has 3 rings (SSSR count). The van der Waals surface area contributed by atoms with Crippen LogP contribution in [0.15, 0.2) is 36.4 Å². The van der Waals surface area contributed by atoms with Crippen molar-refractivity contribution in [3.05, 3.63) is 53.3 Å². The predicted molar refractivity (Wildman–Crippen MR) is 98.2 cm³/mol. The minimum absolute atomic E-state index is 0.187. The average Bonchev–Trinajstić information content (AvgIpc) is 2.68. The topological polar surface area (TPSA) is 59.6 Å². The Morgan fingerprint density at radius 3 is 2.62 bits per heavy atom. The Morgan fingerprint density at radius 2 is 1.88 bits per heavy atom. The van der Waals surface area contributed by atoms with E-state index in [4.69, 9.17) is 9.47 Å². The maximum Gasteiger partial charge on any atom is 0.262 e. The highest BCUT2D eigenvalue weighted by molar-refractivity contribution is 5.92. The van der Waals surface area contributed by atoms with E-state index in [0.29, 0.717) is 30.9 Å². The van der Waals surface area contributed by atoms with Gasteiger partial charge in [0.15, 0.2) is 6.61 Å². The van der Waals surface area contributed by atoms with Crippen LogP contribution in [0.4, 0.5) is 10.1 Å². The number of anilines is 1. The van der Waals surface area contributed by atoms with Gasteiger partial charge in [0.2, 0.25) is 0 Å². The number of halogens is 1. The Kier molecular flexibility index (Phi) is 6.07. The van der Waals surface area contributed by atoms with Crippen molar-refractivity contribution in [2.24, 2.45) is 0 Å². The first-order valence-electron chi connectivity index (χ1n) is 8.84. The van der Waals surface area contributed by atoms with E-state index in [0.717, 1.165) is 24.3 Å². The number of amides is 1. The maximum absolute atomic E-state index is 14.5. The molecule has 138 valence electrons. The summed E-state index contributed by atoms with van der Waals surface area (Å²) in [5.74, 6) is 0.564. The van der Waals surface area contributed by atoms with Crippen LogP contribution in [0.1, 0.15) is 24.5 Å². The fraction of sp³-hybridized carbons (Fsp3) is 0.350. The number of hydrogen-bond acceptors (Lipinski definition) is 4. The standard InChI is InChI=1S/C20H23FN2O3/c1-2-11-25-15-4-6-16(7-5-15)26-13-19(24)23-18-8-3-14-12-22-10-9-17(14)20(18)21/h3-8,22H,2,9-13H2,1H3,(H,23,24). The second-order valence-corrected chi connectivity index (χ2v) is 6.15. The van der Waals surface area contributed by atoms with E-state index in [2.05, 4.69) is 10.6 Å². The van der Waals surface area contributed by atoms with Gasteiger partial charge in [0, 0.05) is 6.54 Å². The number of carbonyl (C=O) groups excluding carboxylic acids is 1. The first-order chi connectivity index (χ1) is 12.7. The van der Waals surface area contributed by atoms with Crippen molar-refractivity contribution in [2.75, 3.05) is 25.1 Å². The van der Waals surface area contributed by atoms with Crippen LogP contribution in [0.5, 0.6) is 11.5 Å². The lowest BCUT2D eigenvalue weighted by Gasteiger charge is -2.19. The fourth-order valence-corrected chi connectivity index (χ4v) is 2.82. The third-order valence-corrected chi connectivity index (χ3v) is 4.15. The molecule has 0 radical (unpaired) electrons. The minimum Gasteiger partial charge on any atom is -0.494 e. The number of nitrogens with one attached hydrogen (secondary N) is 2. The Morgan fingerprint density at radius 1 is 1.15 bits per heavy atom. The SMILES string of the molecule is CCCOc1ccc(OCC(=O)Nc2ccc3c(c2F)CCNC3)cc1. The Hall–Kier alpha value is -2.60. The molecule has 2 N–H and O–H groups in total. The molecular formula is C20H23FN2O3. The second-order valence-electron chi connectivity index (χ2n) is 6.15. The number of rotatable bonds is 7. The van der Waals surface area contributed by atoms with E-state index < -0.39 is 5.91 Å². The van der Waals surface area contributed by atoms with Crippen molar-refractivity contribution in [1.29, 1.82) is 0 Å². The first-order valence-corrected chi connectivity index (χ1v) is 8.84. The molecule has 0 aromatic heterocycles. The molecule has 0 aliphatic carbocycles. The van der Waals surface area contributed by atoms with Crippen LogP contribution in [0.25, 0.3) is 0 Å². The van der Waals surface area contributed by atoms with Gasteiger partial charge in [-0.3, -0.25) is 4.79 Å². The number of ether oxygens (including phenoxy) is 2. The molecule has 0 bridgehead atoms. The second kappa shape index (κ2) is 8.67. The van der Waals surface area contributed by atoms with Crippen molar-refractivity contribution >= 4 is 11.6 Å². The van der Waals surface area contributed by atoms with Crippen LogP contribution in [0.2, 0.25) is 0 Å². The van der Waals surface area contributed by atoms with Gasteiger partial charge in [0.1, 0.15) is 17.3 Å². The van der Waals surface area contributed by atoms with E-state index in [9.17, 15) is 9.18 Å². The molecule has 0 saturated carbocycles. The minimum atomic E-state index is -0.399. The molecule has 1 aliphatic rings. The molecule has 26 heavy (non-hydrogen) atoms. The average molecular weight is 358 g/mol. The van der Waals surface area contributed by atoms with E-state index in [1.807, 2.05) is 13.0 Å². The number of hydrogen-bond donors (Lipinski definition) is 2. The van der Waals surface area contributed by atoms with Gasteiger partial charge < -0.3 is 20.1 Å². The normalized spacial score (nSPS) is 13.0. The highest BCUT2D eigenvalue weighted by atomic mass is 19.1. The number of benzene rings is 2. The van der Waals surface area contributed by atoms with Gasteiger partial charge in [-0.25, -0.2) is 4.39 Å². The first kappa shape index (κ1) is 18.2. The van der Waals surface area contributed by atoms with Gasteiger partial charge in [-0.15, -0.1) is 0 Å². The van der Waals surface area contributed by atoms with Crippen molar-refractivity contribution in [3.8, 4) is 11.5 Å². The van der Waals surface area contributed by atoms with Crippen molar-refractivity contribution in [3.63, 3.8) is 0 Å². The Labute approximate surface area is 152 Å². The predicted octanol–water partition coefficient (Wildman–Crippen LogP) is 3.28. The van der Waals surface area contributed by atoms with Gasteiger partial charge in [0.25, 0.3) is 5.91 Å². The van der Waals surface area contributed by atoms with Crippen molar-refractivity contribution in [2.45, 2.75) is 26.3 Å². The van der Waals surface area contributed by atoms with Gasteiger partial charge in [-0.1, -0.05) is 13.0 Å². The number of fused-ring (bicyclic) bond motifs is 1. The lowest BCUT2D eigenvalue weighted by atomic mass is 9.99. The summed E-state index contributed by atoms with van der Waals surface area (Å²) in [4.78, 5) is 12.1. The fourth-order valence-electron chi connectivity index (χ4n) is 2.82. The molecule has 0 unspecified atom stereocenters. The molecule has 0 atom stereocenters. The number of carbonyl (C=O) groups is 1. The van der Waals surface area contributed by atoms with E-state index in [1.165, 1.54) is 0 Å². The summed E-state index contributed by atoms with van der Waals surface area (Å²) in [6, 6.07) is 10.5. The zero-order valence-corrected chi connectivity index (χ0v) is 14.8. The zero-order chi connectivity index (χ0) is 18.4. The third-order valence-electron chi connectivity index (χ3n) is 4.15. The van der Waals surface area contributed by atoms with E-state index in [-0.39, 0.29) is 18.1 Å². The third kappa shape index (κ3) is 4.52. The molecule has 1 amide bonds. The summed E-state index contributed by atoms with van der Waals surface area (Å²) in [5, 5.41) is 5.78. The lowest BCUT2D eigenvalue weighted by molar-refractivity contribution is -0.118. The molecular weight excluding hydrogens is 335 g/mol. The molecule has 5 nitrogen and oxygen atoms in total. The Balaban J connectivity index is 1.54. The summed E-state index contributed by atoms with van der Waals surface area (Å²) in [6.45, 7) is 3.90. The molecule has 0 saturated heterocycles. The highest BCUT2D eigenvalue weighted by Crippen LogP contribution is 2.24. The van der Waals surface area contributed by atoms with Crippen molar-refractivity contribution < 1.29 is 18.7 Å². The zero-order valence-electron chi connectivity index (χ0n) is 14.8. The highest BCUT2D eigenvalue weighted by Gasteiger charge is 2.17. The summed E-state index contributed by atoms with van der Waals surface area (Å²) < 4.78 is 25.5. The smallest absolute Gasteiger partial charge is 0.262 e. The van der Waals surface area contributed by atoms with E-state index in [1.54, 1.807) is 30.3 Å². The maximum atomic E-state index is 14.5. The molecule has 1 heterocycles. The quantitative estimate of drug-likeness (QED) is 0.797. The van der Waals surface area contributed by atoms with Crippen LogP contribution in [0, 0.1) is 5.82 Å². The summed E-state index contributed by atoms with van der Waals surface area (Å²) in [7, 11) is 0. The molecule has 0 spiro atoms. The van der Waals surface area contributed by atoms with Gasteiger partial charge in [0.05, 0.1) is 12.3 Å². The van der Waals surface area contributed by atoms with Crippen LogP contribution in [-0.2, 0) is 17.8 Å². The monoisotopic (exact) mass is 358 g/mol. The Bertz CT molecular complexity index is 762. The molecule has 0 fully saturated rings. The molecule has 1 aliphatic heterocycles. The molecule has 2 aromatic rings.